The van der Waals surface area contributed by atoms with Gasteiger partial charge in [0.05, 0.1) is 7.11 Å². The van der Waals surface area contributed by atoms with Crippen LogP contribution < -0.4 is 10.6 Å². The quantitative estimate of drug-likeness (QED) is 0.856. The van der Waals surface area contributed by atoms with Gasteiger partial charge in [-0.05, 0) is 18.0 Å². The Morgan fingerprint density at radius 1 is 1.67 bits per heavy atom. The molecule has 2 heterocycles. The molecule has 2 N–H and O–H groups in total. The van der Waals surface area contributed by atoms with E-state index >= 15 is 0 Å². The van der Waals surface area contributed by atoms with E-state index in [1.54, 1.807) is 0 Å². The number of nitrogens with zero attached hydrogens (tertiary/aromatic N) is 2. The van der Waals surface area contributed by atoms with Gasteiger partial charge in [-0.15, -0.1) is 0 Å². The molecule has 1 unspecified atom stereocenters. The van der Waals surface area contributed by atoms with E-state index in [1.807, 2.05) is 11.8 Å². The fourth-order valence-corrected chi connectivity index (χ4v) is 3.97. The topological polar surface area (TPSA) is 68.5 Å². The average molecular weight is 287 g/mol. The van der Waals surface area contributed by atoms with Gasteiger partial charge in [0.15, 0.2) is 5.82 Å². The van der Waals surface area contributed by atoms with Crippen molar-refractivity contribution in [2.75, 3.05) is 36.6 Å². The SMILES string of the molecule is CCC1CN(c2snc(N)c2C(=O)OC)CCS1. The predicted molar refractivity (Wildman–Crippen MR) is 76.6 cm³/mol. The molecule has 0 aliphatic carbocycles. The molecule has 0 radical (unpaired) electrons. The molecule has 18 heavy (non-hydrogen) atoms. The number of rotatable bonds is 3. The normalized spacial score (nSPS) is 19.9. The molecule has 0 bridgehead atoms. The first-order valence-electron chi connectivity index (χ1n) is 5.87. The average Bonchev–Trinajstić information content (AvgIpc) is 2.80. The van der Waals surface area contributed by atoms with Crippen LogP contribution in [0.25, 0.3) is 0 Å². The first kappa shape index (κ1) is 13.5. The summed E-state index contributed by atoms with van der Waals surface area (Å²) in [6.45, 7) is 4.04. The van der Waals surface area contributed by atoms with Crippen molar-refractivity contribution in [3.8, 4) is 0 Å². The first-order chi connectivity index (χ1) is 8.67. The monoisotopic (exact) mass is 287 g/mol. The summed E-state index contributed by atoms with van der Waals surface area (Å²) in [5.41, 5.74) is 6.18. The molecule has 1 aromatic rings. The van der Waals surface area contributed by atoms with E-state index in [0.29, 0.717) is 10.8 Å². The maximum Gasteiger partial charge on any atom is 0.344 e. The number of hydrogen-bond acceptors (Lipinski definition) is 7. The van der Waals surface area contributed by atoms with Gasteiger partial charge in [-0.3, -0.25) is 0 Å². The van der Waals surface area contributed by atoms with Crippen LogP contribution in [0, 0.1) is 0 Å². The molecule has 7 heteroatoms. The summed E-state index contributed by atoms with van der Waals surface area (Å²) in [6.07, 6.45) is 1.13. The molecule has 2 rings (SSSR count). The highest BCUT2D eigenvalue weighted by atomic mass is 32.2. The van der Waals surface area contributed by atoms with Crippen molar-refractivity contribution in [2.45, 2.75) is 18.6 Å². The van der Waals surface area contributed by atoms with Gasteiger partial charge < -0.3 is 15.4 Å². The van der Waals surface area contributed by atoms with Gasteiger partial charge in [0.1, 0.15) is 10.6 Å². The Bertz CT molecular complexity index is 436. The van der Waals surface area contributed by atoms with Gasteiger partial charge in [-0.1, -0.05) is 6.92 Å². The lowest BCUT2D eigenvalue weighted by molar-refractivity contribution is 0.0603. The van der Waals surface area contributed by atoms with Gasteiger partial charge in [-0.2, -0.15) is 16.1 Å². The number of methoxy groups -OCH3 is 1. The third kappa shape index (κ3) is 2.56. The molecule has 5 nitrogen and oxygen atoms in total. The third-order valence-corrected chi connectivity index (χ3v) is 5.27. The second kappa shape index (κ2) is 5.79. The molecular weight excluding hydrogens is 270 g/mol. The molecule has 0 saturated carbocycles. The fraction of sp³-hybridized carbons (Fsp3) is 0.636. The van der Waals surface area contributed by atoms with E-state index in [-0.39, 0.29) is 5.82 Å². The Balaban J connectivity index is 2.25. The molecule has 1 aliphatic rings. The maximum atomic E-state index is 11.7. The number of anilines is 2. The van der Waals surface area contributed by atoms with E-state index in [0.717, 1.165) is 30.3 Å². The van der Waals surface area contributed by atoms with Crippen molar-refractivity contribution in [1.29, 1.82) is 0 Å². The Kier molecular flexibility index (Phi) is 4.34. The largest absolute Gasteiger partial charge is 0.465 e. The summed E-state index contributed by atoms with van der Waals surface area (Å²) in [6, 6.07) is 0. The van der Waals surface area contributed by atoms with Crippen LogP contribution in [-0.4, -0.2) is 41.5 Å². The van der Waals surface area contributed by atoms with E-state index in [2.05, 4.69) is 16.2 Å². The maximum absolute atomic E-state index is 11.7. The molecule has 1 atom stereocenters. The zero-order valence-corrected chi connectivity index (χ0v) is 12.1. The van der Waals surface area contributed by atoms with Crippen LogP contribution in [0.5, 0.6) is 0 Å². The summed E-state index contributed by atoms with van der Waals surface area (Å²) in [4.78, 5) is 13.9. The number of thioether (sulfide) groups is 1. The van der Waals surface area contributed by atoms with Gasteiger partial charge >= 0.3 is 5.97 Å². The van der Waals surface area contributed by atoms with Crippen LogP contribution >= 0.6 is 23.3 Å². The summed E-state index contributed by atoms with van der Waals surface area (Å²) in [7, 11) is 1.37. The number of carbonyl (C=O) groups is 1. The van der Waals surface area contributed by atoms with Crippen LogP contribution in [0.4, 0.5) is 10.8 Å². The number of ether oxygens (including phenoxy) is 1. The second-order valence-corrected chi connectivity index (χ2v) is 6.25. The highest BCUT2D eigenvalue weighted by Crippen LogP contribution is 2.34. The molecule has 1 fully saturated rings. The molecule has 1 saturated heterocycles. The zero-order valence-electron chi connectivity index (χ0n) is 10.5. The summed E-state index contributed by atoms with van der Waals surface area (Å²) >= 11 is 3.26. The summed E-state index contributed by atoms with van der Waals surface area (Å²) in [5.74, 6) is 0.937. The minimum absolute atomic E-state index is 0.271. The van der Waals surface area contributed by atoms with Crippen molar-refractivity contribution >= 4 is 40.1 Å². The van der Waals surface area contributed by atoms with Crippen LogP contribution in [0.15, 0.2) is 0 Å². The number of nitrogens with two attached hydrogens (primary N) is 1. The Hall–Kier alpha value is -0.950. The minimum Gasteiger partial charge on any atom is -0.465 e. The molecule has 0 aromatic carbocycles. The van der Waals surface area contributed by atoms with Crippen molar-refractivity contribution in [3.05, 3.63) is 5.56 Å². The van der Waals surface area contributed by atoms with Gasteiger partial charge in [0.2, 0.25) is 0 Å². The minimum atomic E-state index is -0.400. The van der Waals surface area contributed by atoms with Crippen molar-refractivity contribution in [2.24, 2.45) is 0 Å². The van der Waals surface area contributed by atoms with Crippen molar-refractivity contribution in [1.82, 2.24) is 4.37 Å². The van der Waals surface area contributed by atoms with E-state index in [9.17, 15) is 4.79 Å². The summed E-state index contributed by atoms with van der Waals surface area (Å²) < 4.78 is 8.86. The highest BCUT2D eigenvalue weighted by Gasteiger charge is 2.27. The van der Waals surface area contributed by atoms with Crippen LogP contribution in [-0.2, 0) is 4.74 Å². The lowest BCUT2D eigenvalue weighted by atomic mass is 10.2. The Morgan fingerprint density at radius 2 is 2.44 bits per heavy atom. The second-order valence-electron chi connectivity index (χ2n) is 4.09. The van der Waals surface area contributed by atoms with E-state index in [4.69, 9.17) is 10.5 Å². The predicted octanol–water partition coefficient (Wildman–Crippen LogP) is 1.84. The van der Waals surface area contributed by atoms with Crippen molar-refractivity contribution < 1.29 is 9.53 Å². The van der Waals surface area contributed by atoms with Gasteiger partial charge in [-0.25, -0.2) is 4.79 Å². The molecule has 100 valence electrons. The lowest BCUT2D eigenvalue weighted by Crippen LogP contribution is -2.37. The molecule has 0 amide bonds. The fourth-order valence-electron chi connectivity index (χ4n) is 1.95. The highest BCUT2D eigenvalue weighted by molar-refractivity contribution is 8.00. The van der Waals surface area contributed by atoms with Gasteiger partial charge in [0.25, 0.3) is 0 Å². The van der Waals surface area contributed by atoms with Crippen molar-refractivity contribution in [3.63, 3.8) is 0 Å². The number of aromatic nitrogens is 1. The van der Waals surface area contributed by atoms with Crippen LogP contribution in [0.3, 0.4) is 0 Å². The lowest BCUT2D eigenvalue weighted by Gasteiger charge is -2.32. The molecule has 1 aliphatic heterocycles. The number of esters is 1. The first-order valence-corrected chi connectivity index (χ1v) is 7.69. The zero-order chi connectivity index (χ0) is 13.1. The Labute approximate surface area is 115 Å². The summed E-state index contributed by atoms with van der Waals surface area (Å²) in [5, 5.41) is 1.45. The van der Waals surface area contributed by atoms with E-state index in [1.165, 1.54) is 18.6 Å². The third-order valence-electron chi connectivity index (χ3n) is 2.97. The van der Waals surface area contributed by atoms with Gasteiger partial charge in [0, 0.05) is 24.1 Å². The molecule has 1 aromatic heterocycles. The van der Waals surface area contributed by atoms with E-state index < -0.39 is 5.97 Å². The smallest absolute Gasteiger partial charge is 0.344 e. The number of hydrogen-bond donors (Lipinski definition) is 1. The van der Waals surface area contributed by atoms with Crippen LogP contribution in [0.1, 0.15) is 23.7 Å². The number of carbonyl (C=O) groups excluding carboxylic acids is 1. The number of nitrogen functional groups attached to an aromatic ring is 1. The Morgan fingerprint density at radius 3 is 3.11 bits per heavy atom. The molecular formula is C11H17N3O2S2. The molecule has 0 spiro atoms. The standard InChI is InChI=1S/C11H17N3O2S2/c1-3-7-6-14(4-5-17-7)10-8(11(15)16-2)9(12)13-18-10/h7H,3-6H2,1-2H3,(H2,12,13). The van der Waals surface area contributed by atoms with Crippen LogP contribution in [0.2, 0.25) is 0 Å².